The van der Waals surface area contributed by atoms with Crippen molar-refractivity contribution in [1.29, 1.82) is 0 Å². The number of carboxylic acids is 2. The van der Waals surface area contributed by atoms with Crippen molar-refractivity contribution in [1.82, 2.24) is 0 Å². The molecule has 47 heavy (non-hydrogen) atoms. The molecule has 0 radical (unpaired) electrons. The highest BCUT2D eigenvalue weighted by Crippen LogP contribution is 2.35. The van der Waals surface area contributed by atoms with Gasteiger partial charge in [0, 0.05) is 41.0 Å². The van der Waals surface area contributed by atoms with Crippen molar-refractivity contribution in [2.45, 2.75) is 47.0 Å². The van der Waals surface area contributed by atoms with E-state index in [9.17, 15) is 19.8 Å². The molecule has 0 heterocycles. The van der Waals surface area contributed by atoms with Crippen molar-refractivity contribution in [3.63, 3.8) is 0 Å². The Hall–Kier alpha value is -4.94. The fraction of sp³-hybridized carbons (Fsp3) is 0.225. The Morgan fingerprint density at radius 3 is 2.15 bits per heavy atom. The van der Waals surface area contributed by atoms with E-state index in [1.165, 1.54) is 0 Å². The number of hydrogen-bond donors (Lipinski definition) is 2. The Bertz CT molecular complexity index is 2030. The second kappa shape index (κ2) is 14.7. The molecule has 0 bridgehead atoms. The number of nitrogens with zero attached hydrogens (tertiary/aromatic N) is 2. The number of carboxylic acid groups (broad SMARTS) is 2. The van der Waals surface area contributed by atoms with Gasteiger partial charge in [0.05, 0.1) is 0 Å². The number of hydrogen-bond acceptors (Lipinski definition) is 3. The van der Waals surface area contributed by atoms with E-state index in [1.807, 2.05) is 110 Å². The van der Waals surface area contributed by atoms with Crippen molar-refractivity contribution in [3.05, 3.63) is 130 Å². The Labute approximate surface area is 280 Å². The van der Waals surface area contributed by atoms with E-state index < -0.39 is 11.9 Å². The Balaban J connectivity index is 1.47. The maximum Gasteiger partial charge on any atom is 0.370 e. The van der Waals surface area contributed by atoms with Gasteiger partial charge in [0.15, 0.2) is 5.71 Å². The van der Waals surface area contributed by atoms with Crippen LogP contribution in [0.15, 0.2) is 119 Å². The molecule has 4 aromatic rings. The second-order valence-corrected chi connectivity index (χ2v) is 12.4. The highest BCUT2D eigenvalue weighted by Gasteiger charge is 2.22. The van der Waals surface area contributed by atoms with E-state index in [4.69, 9.17) is 11.6 Å². The normalized spacial score (nSPS) is 15.5. The van der Waals surface area contributed by atoms with Gasteiger partial charge in [-0.2, -0.15) is 4.58 Å². The molecule has 0 aliphatic heterocycles. The number of aliphatic carboxylic acids is 2. The monoisotopic (exact) mass is 647 g/mol. The summed E-state index contributed by atoms with van der Waals surface area (Å²) in [6.07, 6.45) is 10.4. The summed E-state index contributed by atoms with van der Waals surface area (Å²) in [7, 11) is 0. The van der Waals surface area contributed by atoms with Gasteiger partial charge in [-0.15, -0.1) is 0 Å². The average Bonchev–Trinajstić information content (AvgIpc) is 3.05. The zero-order valence-electron chi connectivity index (χ0n) is 27.3. The molecule has 5 rings (SSSR count). The predicted molar refractivity (Wildman–Crippen MR) is 193 cm³/mol. The minimum absolute atomic E-state index is 0.166. The maximum absolute atomic E-state index is 11.9. The fourth-order valence-corrected chi connectivity index (χ4v) is 6.63. The number of benzene rings is 4. The van der Waals surface area contributed by atoms with Crippen LogP contribution in [0.25, 0.3) is 21.5 Å². The van der Waals surface area contributed by atoms with E-state index in [0.29, 0.717) is 5.03 Å². The summed E-state index contributed by atoms with van der Waals surface area (Å²) in [5, 5.41) is 24.6. The summed E-state index contributed by atoms with van der Waals surface area (Å²) in [6.45, 7) is 7.55. The van der Waals surface area contributed by atoms with Crippen LogP contribution in [-0.4, -0.2) is 45.5 Å². The third-order valence-corrected chi connectivity index (χ3v) is 9.35. The number of fused-ring (bicyclic) bond motifs is 2. The summed E-state index contributed by atoms with van der Waals surface area (Å²) >= 11 is 6.96. The third kappa shape index (κ3) is 7.55. The molecule has 0 amide bonds. The summed E-state index contributed by atoms with van der Waals surface area (Å²) in [5.41, 5.74) is 7.30. The highest BCUT2D eigenvalue weighted by molar-refractivity contribution is 6.32. The van der Waals surface area contributed by atoms with Crippen LogP contribution in [0.2, 0.25) is 0 Å². The van der Waals surface area contributed by atoms with Crippen molar-refractivity contribution < 1.29 is 24.4 Å². The summed E-state index contributed by atoms with van der Waals surface area (Å²) in [6, 6.07) is 24.2. The number of carbonyl (C=O) groups is 2. The Morgan fingerprint density at radius 2 is 1.49 bits per heavy atom. The Morgan fingerprint density at radius 1 is 0.851 bits per heavy atom. The molecule has 0 saturated carbocycles. The molecule has 0 saturated heterocycles. The van der Waals surface area contributed by atoms with Crippen LogP contribution < -0.4 is 4.90 Å². The molecule has 0 atom stereocenters. The van der Waals surface area contributed by atoms with E-state index in [2.05, 4.69) is 24.3 Å². The predicted octanol–water partition coefficient (Wildman–Crippen LogP) is 9.45. The first-order valence-electron chi connectivity index (χ1n) is 15.8. The minimum atomic E-state index is -0.913. The average molecular weight is 648 g/mol. The SMILES string of the molecule is CC(/C=C/C1=C(Cl)C(=C/C=C(\C)N(CC(=O)O)c2ccc3ccccc3c2C)/CCC1)=[N+](CC(=O)O)c1ccc2ccccc2c1C. The Kier molecular flexibility index (Phi) is 10.4. The maximum atomic E-state index is 11.9. The van der Waals surface area contributed by atoms with Crippen LogP contribution in [0.1, 0.15) is 44.2 Å². The van der Waals surface area contributed by atoms with Gasteiger partial charge in [0.25, 0.3) is 0 Å². The van der Waals surface area contributed by atoms with Gasteiger partial charge in [0.1, 0.15) is 6.54 Å². The van der Waals surface area contributed by atoms with Crippen LogP contribution in [-0.2, 0) is 9.59 Å². The van der Waals surface area contributed by atoms with Gasteiger partial charge in [-0.25, -0.2) is 4.79 Å². The number of anilines is 1. The van der Waals surface area contributed by atoms with Crippen molar-refractivity contribution in [2.24, 2.45) is 0 Å². The molecular weight excluding hydrogens is 608 g/mol. The summed E-state index contributed by atoms with van der Waals surface area (Å²) < 4.78 is 1.83. The molecule has 1 aliphatic carbocycles. The highest BCUT2D eigenvalue weighted by atomic mass is 35.5. The van der Waals surface area contributed by atoms with Crippen LogP contribution in [0.3, 0.4) is 0 Å². The summed E-state index contributed by atoms with van der Waals surface area (Å²) in [4.78, 5) is 25.6. The number of aryl methyl sites for hydroxylation is 2. The molecule has 2 N–H and O–H groups in total. The van der Waals surface area contributed by atoms with Gasteiger partial charge in [-0.05, 0) is 96.5 Å². The van der Waals surface area contributed by atoms with Crippen LogP contribution in [0.5, 0.6) is 0 Å². The lowest BCUT2D eigenvalue weighted by Crippen LogP contribution is -2.28. The third-order valence-electron chi connectivity index (χ3n) is 8.87. The van der Waals surface area contributed by atoms with E-state index >= 15 is 0 Å². The number of halogens is 1. The first kappa shape index (κ1) is 33.4. The lowest BCUT2D eigenvalue weighted by molar-refractivity contribution is -0.431. The molecule has 0 fully saturated rings. The van der Waals surface area contributed by atoms with Crippen LogP contribution in [0.4, 0.5) is 11.4 Å². The standard InChI is InChI=1S/C40H39ClN2O4/c1-26(42(24-38(44)45)36-22-20-30-10-5-7-14-34(30)28(36)3)16-18-32-12-9-13-33(40(32)41)19-17-27(2)43(25-39(46)47)37-23-21-31-11-6-8-15-35(31)29(37)4/h5-8,10-11,14-23H,9,12-13,24-25H2,1-4H3,(H-,44,45,46,47)/p+1. The first-order chi connectivity index (χ1) is 22.5. The van der Waals surface area contributed by atoms with Crippen LogP contribution in [0, 0.1) is 13.8 Å². The van der Waals surface area contributed by atoms with Crippen molar-refractivity contribution >= 4 is 62.2 Å². The number of allylic oxidation sites excluding steroid dienone is 8. The van der Waals surface area contributed by atoms with Gasteiger partial charge in [-0.3, -0.25) is 4.79 Å². The minimum Gasteiger partial charge on any atom is -0.480 e. The smallest absolute Gasteiger partial charge is 0.370 e. The van der Waals surface area contributed by atoms with Crippen LogP contribution >= 0.6 is 11.6 Å². The number of rotatable bonds is 10. The quantitative estimate of drug-likeness (QED) is 0.132. The van der Waals surface area contributed by atoms with Gasteiger partial charge in [-0.1, -0.05) is 78.4 Å². The van der Waals surface area contributed by atoms with Crippen molar-refractivity contribution in [3.8, 4) is 0 Å². The largest absolute Gasteiger partial charge is 0.480 e. The molecule has 0 aromatic heterocycles. The van der Waals surface area contributed by atoms with E-state index in [1.54, 1.807) is 0 Å². The molecule has 6 nitrogen and oxygen atoms in total. The second-order valence-electron chi connectivity index (χ2n) is 12.0. The molecule has 7 heteroatoms. The molecule has 4 aromatic carbocycles. The zero-order chi connectivity index (χ0) is 33.7. The van der Waals surface area contributed by atoms with E-state index in [-0.39, 0.29) is 13.1 Å². The van der Waals surface area contributed by atoms with Gasteiger partial charge >= 0.3 is 11.9 Å². The van der Waals surface area contributed by atoms with E-state index in [0.717, 1.165) is 85.9 Å². The zero-order valence-corrected chi connectivity index (χ0v) is 28.0. The van der Waals surface area contributed by atoms with Gasteiger partial charge in [0.2, 0.25) is 12.2 Å². The topological polar surface area (TPSA) is 80.9 Å². The molecule has 1 aliphatic rings. The molecular formula is C40H40ClN2O4+. The first-order valence-corrected chi connectivity index (χ1v) is 16.2. The van der Waals surface area contributed by atoms with Gasteiger partial charge < -0.3 is 15.1 Å². The molecule has 240 valence electrons. The fourth-order valence-electron chi connectivity index (χ4n) is 6.32. The van der Waals surface area contributed by atoms with Crippen molar-refractivity contribution in [2.75, 3.05) is 18.0 Å². The lowest BCUT2D eigenvalue weighted by Gasteiger charge is -2.26. The summed E-state index contributed by atoms with van der Waals surface area (Å²) in [5.74, 6) is -1.83. The molecule has 0 unspecified atom stereocenters. The lowest BCUT2D eigenvalue weighted by atomic mass is 9.94. The molecule has 0 spiro atoms.